The molecule has 0 bridgehead atoms. The van der Waals surface area contributed by atoms with Gasteiger partial charge in [-0.25, -0.2) is 0 Å². The van der Waals surface area contributed by atoms with Gasteiger partial charge in [-0.2, -0.15) is 0 Å². The predicted molar refractivity (Wildman–Crippen MR) is 139 cm³/mol. The molecule has 0 radical (unpaired) electrons. The molecule has 1 N–H and O–H groups in total. The van der Waals surface area contributed by atoms with Gasteiger partial charge in [-0.3, -0.25) is 9.59 Å². The lowest BCUT2D eigenvalue weighted by Gasteiger charge is -2.47. The van der Waals surface area contributed by atoms with Gasteiger partial charge in [-0.15, -0.1) is 0 Å². The van der Waals surface area contributed by atoms with E-state index < -0.39 is 12.1 Å². The van der Waals surface area contributed by atoms with Gasteiger partial charge in [0.05, 0.1) is 13.2 Å². The summed E-state index contributed by atoms with van der Waals surface area (Å²) in [5.74, 6) is 0.718. The van der Waals surface area contributed by atoms with Gasteiger partial charge in [0.1, 0.15) is 17.8 Å². The van der Waals surface area contributed by atoms with Gasteiger partial charge in [0, 0.05) is 35.1 Å². The summed E-state index contributed by atoms with van der Waals surface area (Å²) in [5.41, 5.74) is 5.15. The predicted octanol–water partition coefficient (Wildman–Crippen LogP) is 4.49. The van der Waals surface area contributed by atoms with Gasteiger partial charge < -0.3 is 19.5 Å². The van der Waals surface area contributed by atoms with Gasteiger partial charge >= 0.3 is 0 Å². The number of ether oxygens (including phenoxy) is 1. The fraction of sp³-hybridized carbons (Fsp3) is 0.267. The summed E-state index contributed by atoms with van der Waals surface area (Å²) in [6.45, 7) is 3.09. The van der Waals surface area contributed by atoms with E-state index in [1.54, 1.807) is 9.80 Å². The van der Waals surface area contributed by atoms with E-state index in [2.05, 4.69) is 23.2 Å². The van der Waals surface area contributed by atoms with Crippen LogP contribution in [0.4, 0.5) is 0 Å². The Morgan fingerprint density at radius 1 is 0.944 bits per heavy atom. The molecule has 182 valence electrons. The van der Waals surface area contributed by atoms with E-state index in [9.17, 15) is 9.59 Å². The van der Waals surface area contributed by atoms with Crippen LogP contribution in [-0.4, -0.2) is 52.3 Å². The second kappa shape index (κ2) is 9.19. The fourth-order valence-corrected chi connectivity index (χ4v) is 5.74. The Kier molecular flexibility index (Phi) is 5.72. The molecule has 0 spiro atoms. The highest BCUT2D eigenvalue weighted by Crippen LogP contribution is 2.44. The van der Waals surface area contributed by atoms with E-state index in [1.807, 2.05) is 67.6 Å². The highest BCUT2D eigenvalue weighted by atomic mass is 16.5. The maximum absolute atomic E-state index is 13.9. The monoisotopic (exact) mass is 479 g/mol. The minimum Gasteiger partial charge on any atom is -0.494 e. The van der Waals surface area contributed by atoms with Gasteiger partial charge in [-0.05, 0) is 36.6 Å². The molecule has 6 rings (SSSR count). The molecule has 0 unspecified atom stereocenters. The minimum absolute atomic E-state index is 0.0142. The van der Waals surface area contributed by atoms with Crippen LogP contribution in [0.5, 0.6) is 5.75 Å². The number of carbonyl (C=O) groups excluding carboxylic acids is 2. The molecule has 1 saturated heterocycles. The third-order valence-corrected chi connectivity index (χ3v) is 7.37. The number of nitrogens with zero attached hydrogens (tertiary/aromatic N) is 2. The second-order valence-electron chi connectivity index (χ2n) is 9.45. The van der Waals surface area contributed by atoms with Crippen LogP contribution < -0.4 is 4.74 Å². The maximum atomic E-state index is 13.9. The van der Waals surface area contributed by atoms with Crippen LogP contribution in [-0.2, 0) is 22.4 Å². The third-order valence-electron chi connectivity index (χ3n) is 7.37. The number of nitrogens with one attached hydrogen (secondary N) is 1. The molecule has 1 aromatic heterocycles. The number of benzene rings is 3. The van der Waals surface area contributed by atoms with Crippen molar-refractivity contribution in [2.45, 2.75) is 31.8 Å². The van der Waals surface area contributed by atoms with Crippen LogP contribution in [0.25, 0.3) is 10.9 Å². The van der Waals surface area contributed by atoms with Crippen LogP contribution in [0.1, 0.15) is 35.3 Å². The first-order valence-corrected chi connectivity index (χ1v) is 12.6. The summed E-state index contributed by atoms with van der Waals surface area (Å²) in [6, 6.07) is 25.1. The van der Waals surface area contributed by atoms with Crippen LogP contribution in [0.15, 0.2) is 78.9 Å². The zero-order valence-corrected chi connectivity index (χ0v) is 20.3. The third kappa shape index (κ3) is 3.73. The van der Waals surface area contributed by atoms with Crippen molar-refractivity contribution >= 4 is 22.7 Å². The Hall–Kier alpha value is -4.06. The number of amides is 2. The Balaban J connectivity index is 1.43. The molecule has 6 heteroatoms. The number of H-pyrrole nitrogens is 1. The van der Waals surface area contributed by atoms with E-state index in [4.69, 9.17) is 4.74 Å². The van der Waals surface area contributed by atoms with Crippen LogP contribution in [0.2, 0.25) is 0 Å². The standard InChI is InChI=1S/C30H29N3O3/c1-2-36-26-15-9-7-13-22(26)29-28-23(21-12-6-8-14-24(21)31-28)18-25-30(35)32(19-27(34)33(25)29)17-16-20-10-4-3-5-11-20/h3-15,25,29,31H,2,16-19H2,1H3/t25-,29+/m0/s1. The van der Waals surface area contributed by atoms with Crippen LogP contribution >= 0.6 is 0 Å². The van der Waals surface area contributed by atoms with E-state index in [0.717, 1.165) is 45.5 Å². The summed E-state index contributed by atoms with van der Waals surface area (Å²) in [4.78, 5) is 34.7. The number of hydrogen-bond donors (Lipinski definition) is 1. The highest BCUT2D eigenvalue weighted by molar-refractivity contribution is 5.97. The quantitative estimate of drug-likeness (QED) is 0.443. The number of piperazine rings is 1. The topological polar surface area (TPSA) is 65.6 Å². The van der Waals surface area contributed by atoms with Crippen molar-refractivity contribution in [1.82, 2.24) is 14.8 Å². The number of aromatic nitrogens is 1. The molecule has 2 aliphatic heterocycles. The first-order chi connectivity index (χ1) is 17.7. The minimum atomic E-state index is -0.548. The van der Waals surface area contributed by atoms with E-state index in [-0.39, 0.29) is 18.4 Å². The fourth-order valence-electron chi connectivity index (χ4n) is 5.74. The second-order valence-corrected chi connectivity index (χ2v) is 9.45. The molecular weight excluding hydrogens is 450 g/mol. The number of rotatable bonds is 6. The van der Waals surface area contributed by atoms with Crippen molar-refractivity contribution in [3.8, 4) is 5.75 Å². The average Bonchev–Trinajstić information content (AvgIpc) is 3.28. The molecule has 2 aliphatic rings. The molecule has 0 saturated carbocycles. The number of para-hydroxylation sites is 2. The number of hydrogen-bond acceptors (Lipinski definition) is 3. The lowest BCUT2D eigenvalue weighted by molar-refractivity contribution is -0.158. The molecule has 0 aliphatic carbocycles. The van der Waals surface area contributed by atoms with E-state index >= 15 is 0 Å². The molecule has 3 heterocycles. The SMILES string of the molecule is CCOc1ccccc1[C@@H]1c2[nH]c3ccccc3c2C[C@H]2C(=O)N(CCc3ccccc3)CC(=O)N12. The van der Waals surface area contributed by atoms with Crippen LogP contribution in [0.3, 0.4) is 0 Å². The van der Waals surface area contributed by atoms with Gasteiger partial charge in [0.2, 0.25) is 11.8 Å². The smallest absolute Gasteiger partial charge is 0.246 e. The first-order valence-electron chi connectivity index (χ1n) is 12.6. The van der Waals surface area contributed by atoms with Crippen molar-refractivity contribution in [2.24, 2.45) is 0 Å². The summed E-state index contributed by atoms with van der Waals surface area (Å²) < 4.78 is 5.98. The van der Waals surface area contributed by atoms with Gasteiger partial charge in [0.25, 0.3) is 0 Å². The molecule has 2 atom stereocenters. The molecule has 2 amide bonds. The van der Waals surface area contributed by atoms with Crippen molar-refractivity contribution in [1.29, 1.82) is 0 Å². The van der Waals surface area contributed by atoms with Gasteiger partial charge in [0.15, 0.2) is 0 Å². The molecule has 6 nitrogen and oxygen atoms in total. The zero-order chi connectivity index (χ0) is 24.6. The van der Waals surface area contributed by atoms with Gasteiger partial charge in [-0.1, -0.05) is 66.7 Å². The lowest BCUT2D eigenvalue weighted by atomic mass is 9.86. The first kappa shape index (κ1) is 22.4. The summed E-state index contributed by atoms with van der Waals surface area (Å²) >= 11 is 0. The maximum Gasteiger partial charge on any atom is 0.246 e. The average molecular weight is 480 g/mol. The van der Waals surface area contributed by atoms with E-state index in [0.29, 0.717) is 19.6 Å². The normalized spacial score (nSPS) is 19.4. The Bertz CT molecular complexity index is 1430. The summed E-state index contributed by atoms with van der Waals surface area (Å²) in [5, 5.41) is 1.10. The van der Waals surface area contributed by atoms with Crippen molar-refractivity contribution in [2.75, 3.05) is 19.7 Å². The zero-order valence-electron chi connectivity index (χ0n) is 20.3. The van der Waals surface area contributed by atoms with E-state index in [1.165, 1.54) is 0 Å². The Morgan fingerprint density at radius 3 is 2.53 bits per heavy atom. The summed E-state index contributed by atoms with van der Waals surface area (Å²) in [7, 11) is 0. The van der Waals surface area contributed by atoms with Crippen molar-refractivity contribution in [3.05, 3.63) is 101 Å². The molecule has 1 fully saturated rings. The van der Waals surface area contributed by atoms with Crippen molar-refractivity contribution < 1.29 is 14.3 Å². The molecular formula is C30H29N3O3. The largest absolute Gasteiger partial charge is 0.494 e. The number of fused-ring (bicyclic) bond motifs is 4. The number of carbonyl (C=O) groups is 2. The molecule has 36 heavy (non-hydrogen) atoms. The lowest BCUT2D eigenvalue weighted by Crippen LogP contribution is -2.63. The Morgan fingerprint density at radius 2 is 1.69 bits per heavy atom. The summed E-state index contributed by atoms with van der Waals surface area (Å²) in [6.07, 6.45) is 1.22. The van der Waals surface area contributed by atoms with Crippen molar-refractivity contribution in [3.63, 3.8) is 0 Å². The Labute approximate surface area is 210 Å². The van der Waals surface area contributed by atoms with Crippen LogP contribution in [0, 0.1) is 0 Å². The molecule has 4 aromatic rings. The molecule has 3 aromatic carbocycles. The highest BCUT2D eigenvalue weighted by Gasteiger charge is 2.48. The number of aromatic amines is 1.